The molecule has 0 saturated carbocycles. The Morgan fingerprint density at radius 2 is 2.22 bits per heavy atom. The number of sulfonamides is 1. The minimum atomic E-state index is -3.29. The van der Waals surface area contributed by atoms with Crippen molar-refractivity contribution in [2.24, 2.45) is 5.92 Å². The van der Waals surface area contributed by atoms with Crippen molar-refractivity contribution in [2.75, 3.05) is 32.6 Å². The molecule has 0 aliphatic carbocycles. The topological polar surface area (TPSA) is 75.7 Å². The average Bonchev–Trinajstić information content (AvgIpc) is 2.95. The lowest BCUT2D eigenvalue weighted by Gasteiger charge is -2.22. The SMILES string of the molecule is CS(=O)(=O)N1CCC[C@H]1C(=O)NC[C@@H]1CCOC1. The number of nitrogens with one attached hydrogen (secondary N) is 1. The normalized spacial score (nSPS) is 29.6. The van der Waals surface area contributed by atoms with Crippen molar-refractivity contribution in [1.29, 1.82) is 0 Å². The van der Waals surface area contributed by atoms with Gasteiger partial charge in [0.1, 0.15) is 6.04 Å². The van der Waals surface area contributed by atoms with E-state index < -0.39 is 16.1 Å². The van der Waals surface area contributed by atoms with Gasteiger partial charge in [-0.2, -0.15) is 4.31 Å². The van der Waals surface area contributed by atoms with Crippen molar-refractivity contribution < 1.29 is 17.9 Å². The van der Waals surface area contributed by atoms with Gasteiger partial charge in [0.15, 0.2) is 0 Å². The molecular formula is C11H20N2O4S. The minimum Gasteiger partial charge on any atom is -0.381 e. The number of amides is 1. The van der Waals surface area contributed by atoms with E-state index in [0.29, 0.717) is 32.0 Å². The molecule has 2 heterocycles. The van der Waals surface area contributed by atoms with E-state index in [1.165, 1.54) is 4.31 Å². The number of carbonyl (C=O) groups is 1. The smallest absolute Gasteiger partial charge is 0.238 e. The van der Waals surface area contributed by atoms with Crippen LogP contribution in [0.5, 0.6) is 0 Å². The molecule has 0 bridgehead atoms. The highest BCUT2D eigenvalue weighted by atomic mass is 32.2. The van der Waals surface area contributed by atoms with Crippen LogP contribution >= 0.6 is 0 Å². The molecule has 7 heteroatoms. The molecule has 2 aliphatic heterocycles. The molecular weight excluding hydrogens is 256 g/mol. The van der Waals surface area contributed by atoms with E-state index in [1.807, 2.05) is 0 Å². The molecule has 2 rings (SSSR count). The molecule has 0 spiro atoms. The average molecular weight is 276 g/mol. The molecule has 0 unspecified atom stereocenters. The summed E-state index contributed by atoms with van der Waals surface area (Å²) in [4.78, 5) is 12.0. The van der Waals surface area contributed by atoms with E-state index in [-0.39, 0.29) is 5.91 Å². The fourth-order valence-corrected chi connectivity index (χ4v) is 3.63. The maximum atomic E-state index is 12.0. The van der Waals surface area contributed by atoms with Crippen molar-refractivity contribution in [2.45, 2.75) is 25.3 Å². The van der Waals surface area contributed by atoms with Gasteiger partial charge in [-0.15, -0.1) is 0 Å². The summed E-state index contributed by atoms with van der Waals surface area (Å²) in [5.74, 6) is 0.187. The zero-order chi connectivity index (χ0) is 13.2. The first kappa shape index (κ1) is 13.8. The van der Waals surface area contributed by atoms with Crippen molar-refractivity contribution in [3.05, 3.63) is 0 Å². The van der Waals surface area contributed by atoms with Gasteiger partial charge in [-0.25, -0.2) is 8.42 Å². The van der Waals surface area contributed by atoms with Crippen LogP contribution in [-0.2, 0) is 19.6 Å². The number of hydrogen-bond acceptors (Lipinski definition) is 4. The third-order valence-electron chi connectivity index (χ3n) is 3.52. The molecule has 18 heavy (non-hydrogen) atoms. The predicted molar refractivity (Wildman–Crippen MR) is 66.5 cm³/mol. The Morgan fingerprint density at radius 1 is 1.44 bits per heavy atom. The molecule has 0 aromatic rings. The Bertz CT molecular complexity index is 403. The molecule has 2 atom stereocenters. The van der Waals surface area contributed by atoms with Crippen molar-refractivity contribution in [1.82, 2.24) is 9.62 Å². The van der Waals surface area contributed by atoms with Gasteiger partial charge in [-0.1, -0.05) is 0 Å². The summed E-state index contributed by atoms with van der Waals surface area (Å²) in [6, 6.07) is -0.526. The summed E-state index contributed by atoms with van der Waals surface area (Å²) >= 11 is 0. The molecule has 1 amide bonds. The molecule has 2 fully saturated rings. The van der Waals surface area contributed by atoms with E-state index in [1.54, 1.807) is 0 Å². The van der Waals surface area contributed by atoms with Gasteiger partial charge in [0.05, 0.1) is 12.9 Å². The van der Waals surface area contributed by atoms with Crippen LogP contribution in [0.25, 0.3) is 0 Å². The highest BCUT2D eigenvalue weighted by Gasteiger charge is 2.36. The lowest BCUT2D eigenvalue weighted by molar-refractivity contribution is -0.124. The first-order valence-electron chi connectivity index (χ1n) is 6.31. The number of ether oxygens (including phenoxy) is 1. The first-order valence-corrected chi connectivity index (χ1v) is 8.15. The van der Waals surface area contributed by atoms with Crippen LogP contribution in [-0.4, -0.2) is 57.2 Å². The van der Waals surface area contributed by atoms with Gasteiger partial charge in [-0.3, -0.25) is 4.79 Å². The quantitative estimate of drug-likeness (QED) is 0.755. The second kappa shape index (κ2) is 5.54. The van der Waals surface area contributed by atoms with Crippen LogP contribution in [0, 0.1) is 5.92 Å². The summed E-state index contributed by atoms with van der Waals surface area (Å²) < 4.78 is 29.6. The lowest BCUT2D eigenvalue weighted by Crippen LogP contribution is -2.46. The van der Waals surface area contributed by atoms with Crippen LogP contribution in [0.4, 0.5) is 0 Å². The Balaban J connectivity index is 1.87. The summed E-state index contributed by atoms with van der Waals surface area (Å²) in [6.45, 7) is 2.45. The highest BCUT2D eigenvalue weighted by Crippen LogP contribution is 2.20. The first-order chi connectivity index (χ1) is 8.48. The number of rotatable bonds is 4. The third-order valence-corrected chi connectivity index (χ3v) is 4.81. The standard InChI is InChI=1S/C11H20N2O4S/c1-18(15,16)13-5-2-3-10(13)11(14)12-7-9-4-6-17-8-9/h9-10H,2-8H2,1H3,(H,12,14)/t9-,10-/m0/s1. The Morgan fingerprint density at radius 3 is 2.83 bits per heavy atom. The van der Waals surface area contributed by atoms with Crippen molar-refractivity contribution >= 4 is 15.9 Å². The van der Waals surface area contributed by atoms with E-state index in [0.717, 1.165) is 25.7 Å². The summed E-state index contributed by atoms with van der Waals surface area (Å²) in [6.07, 6.45) is 3.47. The maximum absolute atomic E-state index is 12.0. The fraction of sp³-hybridized carbons (Fsp3) is 0.909. The van der Waals surface area contributed by atoms with E-state index >= 15 is 0 Å². The monoisotopic (exact) mass is 276 g/mol. The summed E-state index contributed by atoms with van der Waals surface area (Å²) in [7, 11) is -3.29. The second-order valence-electron chi connectivity index (χ2n) is 5.01. The summed E-state index contributed by atoms with van der Waals surface area (Å²) in [5, 5.41) is 2.84. The molecule has 0 radical (unpaired) electrons. The molecule has 0 aromatic carbocycles. The van der Waals surface area contributed by atoms with Gasteiger partial charge in [-0.05, 0) is 19.3 Å². The predicted octanol–water partition coefficient (Wildman–Crippen LogP) is -0.437. The van der Waals surface area contributed by atoms with Crippen LogP contribution in [0.1, 0.15) is 19.3 Å². The molecule has 0 aromatic heterocycles. The van der Waals surface area contributed by atoms with Gasteiger partial charge >= 0.3 is 0 Å². The zero-order valence-corrected chi connectivity index (χ0v) is 11.4. The second-order valence-corrected chi connectivity index (χ2v) is 6.94. The highest BCUT2D eigenvalue weighted by molar-refractivity contribution is 7.88. The molecule has 1 N–H and O–H groups in total. The fourth-order valence-electron chi connectivity index (χ4n) is 2.51. The lowest BCUT2D eigenvalue weighted by atomic mass is 10.1. The van der Waals surface area contributed by atoms with E-state index in [4.69, 9.17) is 4.74 Å². The van der Waals surface area contributed by atoms with Crippen molar-refractivity contribution in [3.63, 3.8) is 0 Å². The third kappa shape index (κ3) is 3.21. The van der Waals surface area contributed by atoms with Crippen LogP contribution in [0.15, 0.2) is 0 Å². The maximum Gasteiger partial charge on any atom is 0.238 e. The van der Waals surface area contributed by atoms with Gasteiger partial charge in [0.2, 0.25) is 15.9 Å². The molecule has 2 saturated heterocycles. The summed E-state index contributed by atoms with van der Waals surface area (Å²) in [5.41, 5.74) is 0. The van der Waals surface area contributed by atoms with E-state index in [9.17, 15) is 13.2 Å². The largest absolute Gasteiger partial charge is 0.381 e. The van der Waals surface area contributed by atoms with Crippen LogP contribution in [0.3, 0.4) is 0 Å². The van der Waals surface area contributed by atoms with Gasteiger partial charge in [0.25, 0.3) is 0 Å². The zero-order valence-electron chi connectivity index (χ0n) is 10.6. The van der Waals surface area contributed by atoms with Gasteiger partial charge < -0.3 is 10.1 Å². The van der Waals surface area contributed by atoms with E-state index in [2.05, 4.69) is 5.32 Å². The Hall–Kier alpha value is -0.660. The van der Waals surface area contributed by atoms with Crippen molar-refractivity contribution in [3.8, 4) is 0 Å². The Kier molecular flexibility index (Phi) is 4.24. The molecule has 6 nitrogen and oxygen atoms in total. The number of carbonyl (C=O) groups excluding carboxylic acids is 1. The van der Waals surface area contributed by atoms with Crippen LogP contribution < -0.4 is 5.32 Å². The van der Waals surface area contributed by atoms with Crippen LogP contribution in [0.2, 0.25) is 0 Å². The minimum absolute atomic E-state index is 0.176. The Labute approximate surface area is 108 Å². The molecule has 104 valence electrons. The van der Waals surface area contributed by atoms with Gasteiger partial charge in [0, 0.05) is 25.6 Å². The number of nitrogens with zero attached hydrogens (tertiary/aromatic N) is 1. The number of hydrogen-bond donors (Lipinski definition) is 1. The molecule has 2 aliphatic rings.